The first-order valence-electron chi connectivity index (χ1n) is 8.88. The minimum absolute atomic E-state index is 0.0650. The van der Waals surface area contributed by atoms with Crippen molar-refractivity contribution in [1.29, 1.82) is 0 Å². The number of carbonyl (C=O) groups is 1. The Morgan fingerprint density at radius 2 is 2.28 bits per heavy atom. The lowest BCUT2D eigenvalue weighted by Crippen LogP contribution is -2.27. The van der Waals surface area contributed by atoms with E-state index in [0.717, 1.165) is 31.5 Å². The fourth-order valence-corrected chi connectivity index (χ4v) is 3.92. The number of thiazole rings is 1. The fraction of sp³-hybridized carbons (Fsp3) is 0.611. The number of nitrogens with zero attached hydrogens (tertiary/aromatic N) is 4. The second kappa shape index (κ2) is 7.66. The molecule has 0 bridgehead atoms. The van der Waals surface area contributed by atoms with Gasteiger partial charge in [-0.3, -0.25) is 9.48 Å². The zero-order valence-electron chi connectivity index (χ0n) is 15.5. The van der Waals surface area contributed by atoms with E-state index in [1.165, 1.54) is 15.4 Å². The van der Waals surface area contributed by atoms with Gasteiger partial charge in [0.1, 0.15) is 6.54 Å². The van der Waals surface area contributed by atoms with Gasteiger partial charge in [-0.1, -0.05) is 13.8 Å². The molecule has 1 unspecified atom stereocenters. The smallest absolute Gasteiger partial charge is 0.243 e. The SMILES string of the molecule is CC(C)c1ncc(CNC2CCCc3cn(CC(=O)N(C)C)nc32)s1. The molecule has 0 saturated carbocycles. The summed E-state index contributed by atoms with van der Waals surface area (Å²) in [6.07, 6.45) is 7.29. The van der Waals surface area contributed by atoms with E-state index in [9.17, 15) is 4.79 Å². The first-order valence-corrected chi connectivity index (χ1v) is 9.70. The van der Waals surface area contributed by atoms with Gasteiger partial charge in [-0.2, -0.15) is 5.10 Å². The summed E-state index contributed by atoms with van der Waals surface area (Å²) in [5, 5.41) is 9.52. The third-order valence-corrected chi connectivity index (χ3v) is 5.82. The summed E-state index contributed by atoms with van der Waals surface area (Å²) >= 11 is 1.78. The van der Waals surface area contributed by atoms with Gasteiger partial charge in [0.25, 0.3) is 0 Å². The third kappa shape index (κ3) is 4.27. The molecule has 0 radical (unpaired) electrons. The third-order valence-electron chi connectivity index (χ3n) is 4.52. The first kappa shape index (κ1) is 18.1. The molecular weight excluding hydrogens is 334 g/mol. The van der Waals surface area contributed by atoms with E-state index in [0.29, 0.717) is 12.5 Å². The van der Waals surface area contributed by atoms with Crippen LogP contribution in [0.15, 0.2) is 12.4 Å². The molecule has 25 heavy (non-hydrogen) atoms. The second-order valence-corrected chi connectivity index (χ2v) is 8.32. The molecule has 6 nitrogen and oxygen atoms in total. The number of aryl methyl sites for hydroxylation is 1. The lowest BCUT2D eigenvalue weighted by atomic mass is 9.94. The molecule has 0 aromatic carbocycles. The predicted octanol–water partition coefficient (Wildman–Crippen LogP) is 2.72. The Kier molecular flexibility index (Phi) is 5.54. The van der Waals surface area contributed by atoms with Gasteiger partial charge < -0.3 is 10.2 Å². The van der Waals surface area contributed by atoms with Crippen LogP contribution in [0.2, 0.25) is 0 Å². The molecule has 1 atom stereocenters. The largest absolute Gasteiger partial charge is 0.347 e. The molecule has 0 saturated heterocycles. The van der Waals surface area contributed by atoms with Crippen LogP contribution in [0, 0.1) is 0 Å². The zero-order chi connectivity index (χ0) is 18.0. The average molecular weight is 362 g/mol. The van der Waals surface area contributed by atoms with Gasteiger partial charge in [-0.15, -0.1) is 11.3 Å². The Bertz CT molecular complexity index is 734. The topological polar surface area (TPSA) is 63.1 Å². The Morgan fingerprint density at radius 3 is 2.96 bits per heavy atom. The number of amides is 1. The molecule has 136 valence electrons. The van der Waals surface area contributed by atoms with Crippen LogP contribution in [-0.4, -0.2) is 39.7 Å². The number of hydrogen-bond acceptors (Lipinski definition) is 5. The highest BCUT2D eigenvalue weighted by Gasteiger charge is 2.24. The molecule has 1 N–H and O–H groups in total. The quantitative estimate of drug-likeness (QED) is 0.859. The summed E-state index contributed by atoms with van der Waals surface area (Å²) < 4.78 is 1.79. The van der Waals surface area contributed by atoms with Crippen LogP contribution in [0.1, 0.15) is 59.8 Å². The van der Waals surface area contributed by atoms with Crippen molar-refractivity contribution in [3.8, 4) is 0 Å². The van der Waals surface area contributed by atoms with Crippen molar-refractivity contribution < 1.29 is 4.79 Å². The normalized spacial score (nSPS) is 16.9. The lowest BCUT2D eigenvalue weighted by molar-refractivity contribution is -0.129. The summed E-state index contributed by atoms with van der Waals surface area (Å²) in [5.41, 5.74) is 2.37. The first-order chi connectivity index (χ1) is 11.9. The molecule has 7 heteroatoms. The molecule has 1 aliphatic rings. The van der Waals surface area contributed by atoms with Gasteiger partial charge in [-0.05, 0) is 24.8 Å². The molecule has 1 aliphatic carbocycles. The number of aromatic nitrogens is 3. The minimum Gasteiger partial charge on any atom is -0.347 e. The minimum atomic E-state index is 0.0650. The van der Waals surface area contributed by atoms with E-state index in [1.807, 2.05) is 12.4 Å². The number of hydrogen-bond donors (Lipinski definition) is 1. The van der Waals surface area contributed by atoms with Crippen LogP contribution < -0.4 is 5.32 Å². The number of likely N-dealkylation sites (N-methyl/N-ethyl adjacent to an activating group) is 1. The molecule has 2 aromatic rings. The van der Waals surface area contributed by atoms with E-state index in [1.54, 1.807) is 35.0 Å². The Balaban J connectivity index is 1.66. The molecule has 2 heterocycles. The van der Waals surface area contributed by atoms with E-state index in [-0.39, 0.29) is 11.9 Å². The molecule has 3 rings (SSSR count). The Hall–Kier alpha value is -1.73. The summed E-state index contributed by atoms with van der Waals surface area (Å²) in [4.78, 5) is 19.3. The van der Waals surface area contributed by atoms with Crippen molar-refractivity contribution in [2.45, 2.75) is 58.2 Å². The molecule has 1 amide bonds. The van der Waals surface area contributed by atoms with Crippen LogP contribution in [-0.2, 0) is 24.3 Å². The van der Waals surface area contributed by atoms with E-state index in [4.69, 9.17) is 5.10 Å². The summed E-state index contributed by atoms with van der Waals surface area (Å²) in [5.74, 6) is 0.542. The molecule has 0 spiro atoms. The van der Waals surface area contributed by atoms with Crippen molar-refractivity contribution in [2.75, 3.05) is 14.1 Å². The molecular formula is C18H27N5OS. The maximum atomic E-state index is 11.9. The Labute approximate surface area is 153 Å². The summed E-state index contributed by atoms with van der Waals surface area (Å²) in [6.45, 7) is 5.47. The van der Waals surface area contributed by atoms with E-state index < -0.39 is 0 Å². The van der Waals surface area contributed by atoms with Crippen molar-refractivity contribution in [3.63, 3.8) is 0 Å². The van der Waals surface area contributed by atoms with Gasteiger partial charge in [0, 0.05) is 43.8 Å². The van der Waals surface area contributed by atoms with Crippen molar-refractivity contribution >= 4 is 17.2 Å². The second-order valence-electron chi connectivity index (χ2n) is 7.17. The van der Waals surface area contributed by atoms with E-state index >= 15 is 0 Å². The van der Waals surface area contributed by atoms with Crippen molar-refractivity contribution in [1.82, 2.24) is 25.0 Å². The monoisotopic (exact) mass is 361 g/mol. The Morgan fingerprint density at radius 1 is 1.48 bits per heavy atom. The molecule has 0 aliphatic heterocycles. The van der Waals surface area contributed by atoms with Crippen LogP contribution in [0.25, 0.3) is 0 Å². The zero-order valence-corrected chi connectivity index (χ0v) is 16.3. The van der Waals surface area contributed by atoms with Crippen LogP contribution >= 0.6 is 11.3 Å². The average Bonchev–Trinajstić information content (AvgIpc) is 3.19. The maximum Gasteiger partial charge on any atom is 0.243 e. The highest BCUT2D eigenvalue weighted by molar-refractivity contribution is 7.11. The molecule has 0 fully saturated rings. The van der Waals surface area contributed by atoms with Gasteiger partial charge in [0.2, 0.25) is 5.91 Å². The van der Waals surface area contributed by atoms with Gasteiger partial charge in [0.05, 0.1) is 16.7 Å². The van der Waals surface area contributed by atoms with Crippen LogP contribution in [0.5, 0.6) is 0 Å². The highest BCUT2D eigenvalue weighted by atomic mass is 32.1. The van der Waals surface area contributed by atoms with Crippen molar-refractivity contribution in [2.24, 2.45) is 0 Å². The van der Waals surface area contributed by atoms with Crippen LogP contribution in [0.4, 0.5) is 0 Å². The maximum absolute atomic E-state index is 11.9. The number of rotatable bonds is 6. The number of carbonyl (C=O) groups excluding carboxylic acids is 1. The lowest BCUT2D eigenvalue weighted by Gasteiger charge is -2.22. The highest BCUT2D eigenvalue weighted by Crippen LogP contribution is 2.29. The number of nitrogens with one attached hydrogen (secondary N) is 1. The fourth-order valence-electron chi connectivity index (χ4n) is 3.05. The van der Waals surface area contributed by atoms with Gasteiger partial charge in [-0.25, -0.2) is 4.98 Å². The van der Waals surface area contributed by atoms with Gasteiger partial charge in [0.15, 0.2) is 0 Å². The summed E-state index contributed by atoms with van der Waals surface area (Å²) in [6, 6.07) is 0.254. The van der Waals surface area contributed by atoms with Gasteiger partial charge >= 0.3 is 0 Å². The van der Waals surface area contributed by atoms with E-state index in [2.05, 4.69) is 24.1 Å². The van der Waals surface area contributed by atoms with Crippen molar-refractivity contribution in [3.05, 3.63) is 33.5 Å². The summed E-state index contributed by atoms with van der Waals surface area (Å²) in [7, 11) is 3.55. The number of fused-ring (bicyclic) bond motifs is 1. The van der Waals surface area contributed by atoms with Crippen LogP contribution in [0.3, 0.4) is 0 Å². The predicted molar refractivity (Wildman–Crippen MR) is 99.6 cm³/mol. The molecule has 2 aromatic heterocycles. The standard InChI is InChI=1S/C18H27N5OS/c1-12(2)18-20-9-14(25-18)8-19-15-7-5-6-13-10-23(21-17(13)15)11-16(24)22(3)4/h9-10,12,15,19H,5-8,11H2,1-4H3.